The number of benzene rings is 2. The van der Waals surface area contributed by atoms with Crippen LogP contribution < -0.4 is 4.74 Å². The van der Waals surface area contributed by atoms with Crippen molar-refractivity contribution < 1.29 is 4.74 Å². The second-order valence-electron chi connectivity index (χ2n) is 6.94. The lowest BCUT2D eigenvalue weighted by molar-refractivity contribution is 0.281. The van der Waals surface area contributed by atoms with Crippen molar-refractivity contribution in [2.24, 2.45) is 0 Å². The van der Waals surface area contributed by atoms with E-state index in [2.05, 4.69) is 62.3 Å². The van der Waals surface area contributed by atoms with Crippen LogP contribution in [0.15, 0.2) is 66.7 Å². The van der Waals surface area contributed by atoms with Gasteiger partial charge >= 0.3 is 6.01 Å². The van der Waals surface area contributed by atoms with Crippen LogP contribution in [0.1, 0.15) is 48.2 Å². The van der Waals surface area contributed by atoms with Crippen LogP contribution >= 0.6 is 15.9 Å². The van der Waals surface area contributed by atoms with E-state index < -0.39 is 0 Å². The summed E-state index contributed by atoms with van der Waals surface area (Å²) in [6.07, 6.45) is 12.7. The smallest absolute Gasteiger partial charge is 0.317 e. The second-order valence-corrected chi connectivity index (χ2v) is 7.73. The average Bonchev–Trinajstić information content (AvgIpc) is 2.80. The molecule has 0 atom stereocenters. The summed E-state index contributed by atoms with van der Waals surface area (Å²) < 4.78 is 5.87. The van der Waals surface area contributed by atoms with Crippen LogP contribution in [-0.2, 0) is 0 Å². The van der Waals surface area contributed by atoms with Gasteiger partial charge in [-0.25, -0.2) is 0 Å². The van der Waals surface area contributed by atoms with Gasteiger partial charge in [0, 0.05) is 5.33 Å². The van der Waals surface area contributed by atoms with Gasteiger partial charge in [0.1, 0.15) is 0 Å². The number of halogens is 1. The molecule has 1 aromatic heterocycles. The van der Waals surface area contributed by atoms with Gasteiger partial charge in [-0.05, 0) is 42.2 Å². The molecule has 0 radical (unpaired) electrons. The van der Waals surface area contributed by atoms with E-state index in [-0.39, 0.29) is 0 Å². The molecule has 0 fully saturated rings. The van der Waals surface area contributed by atoms with Crippen molar-refractivity contribution in [2.45, 2.75) is 25.7 Å². The molecule has 0 unspecified atom stereocenters. The molecule has 1 heterocycles. The zero-order chi connectivity index (χ0) is 20.9. The third-order valence-corrected chi connectivity index (χ3v) is 5.06. The average molecular weight is 463 g/mol. The zero-order valence-corrected chi connectivity index (χ0v) is 18.7. The van der Waals surface area contributed by atoms with Gasteiger partial charge in [-0.15, -0.1) is 0 Å². The molecule has 30 heavy (non-hydrogen) atoms. The summed E-state index contributed by atoms with van der Waals surface area (Å²) in [4.78, 5) is 9.15. The van der Waals surface area contributed by atoms with E-state index in [0.717, 1.165) is 40.7 Å². The largest absolute Gasteiger partial charge is 0.463 e. The van der Waals surface area contributed by atoms with E-state index in [9.17, 15) is 0 Å². The SMILES string of the molecule is BrCCCCCCOc1nc(/C=C/c2ccccc2)cc(/C=C/c2ccccc2)n1. The van der Waals surface area contributed by atoms with Gasteiger partial charge < -0.3 is 4.74 Å². The Morgan fingerprint density at radius 2 is 1.20 bits per heavy atom. The highest BCUT2D eigenvalue weighted by Gasteiger charge is 2.03. The molecule has 3 nitrogen and oxygen atoms in total. The summed E-state index contributed by atoms with van der Waals surface area (Å²) in [7, 11) is 0. The summed E-state index contributed by atoms with van der Waals surface area (Å²) >= 11 is 3.47. The van der Waals surface area contributed by atoms with Gasteiger partial charge in [-0.2, -0.15) is 9.97 Å². The molecule has 0 saturated carbocycles. The molecule has 3 aromatic rings. The van der Waals surface area contributed by atoms with E-state index in [4.69, 9.17) is 4.74 Å². The van der Waals surface area contributed by atoms with Gasteiger partial charge in [0.2, 0.25) is 0 Å². The molecular formula is C26H27BrN2O. The molecule has 0 saturated heterocycles. The molecule has 2 aromatic carbocycles. The van der Waals surface area contributed by atoms with E-state index in [1.54, 1.807) is 0 Å². The number of ether oxygens (including phenoxy) is 1. The van der Waals surface area contributed by atoms with Crippen molar-refractivity contribution in [3.8, 4) is 6.01 Å². The molecule has 4 heteroatoms. The highest BCUT2D eigenvalue weighted by atomic mass is 79.9. The summed E-state index contributed by atoms with van der Waals surface area (Å²) in [5.41, 5.74) is 3.92. The molecule has 0 spiro atoms. The Morgan fingerprint density at radius 3 is 1.73 bits per heavy atom. The normalized spacial score (nSPS) is 11.4. The molecule has 0 N–H and O–H groups in total. The first-order chi connectivity index (χ1) is 14.8. The standard InChI is InChI=1S/C26H27BrN2O/c27-19-9-1-2-10-20-30-26-28-24(17-15-22-11-5-3-6-12-22)21-25(29-26)18-16-23-13-7-4-8-14-23/h3-8,11-18,21H,1-2,9-10,19-20H2/b17-15+,18-16+. The van der Waals surface area contributed by atoms with Crippen LogP contribution in [0.2, 0.25) is 0 Å². The lowest BCUT2D eigenvalue weighted by Crippen LogP contribution is -2.03. The molecule has 3 rings (SSSR count). The fourth-order valence-electron chi connectivity index (χ4n) is 2.90. The fourth-order valence-corrected chi connectivity index (χ4v) is 3.30. The minimum absolute atomic E-state index is 0.429. The molecule has 0 amide bonds. The van der Waals surface area contributed by atoms with Crippen molar-refractivity contribution >= 4 is 40.2 Å². The monoisotopic (exact) mass is 462 g/mol. The Kier molecular flexibility index (Phi) is 9.35. The van der Waals surface area contributed by atoms with Crippen LogP contribution in [0.3, 0.4) is 0 Å². The highest BCUT2D eigenvalue weighted by molar-refractivity contribution is 9.09. The number of hydrogen-bond acceptors (Lipinski definition) is 3. The Morgan fingerprint density at radius 1 is 0.667 bits per heavy atom. The molecule has 0 aliphatic rings. The maximum atomic E-state index is 5.87. The number of rotatable bonds is 11. The lowest BCUT2D eigenvalue weighted by Gasteiger charge is -2.06. The van der Waals surface area contributed by atoms with Gasteiger partial charge in [0.05, 0.1) is 18.0 Å². The summed E-state index contributed by atoms with van der Waals surface area (Å²) in [5.74, 6) is 0. The summed E-state index contributed by atoms with van der Waals surface area (Å²) in [5, 5.41) is 1.06. The van der Waals surface area contributed by atoms with Gasteiger partial charge in [0.25, 0.3) is 0 Å². The Bertz CT molecular complexity index is 872. The maximum absolute atomic E-state index is 5.87. The predicted molar refractivity (Wildman–Crippen MR) is 131 cm³/mol. The van der Waals surface area contributed by atoms with E-state index in [0.29, 0.717) is 12.6 Å². The van der Waals surface area contributed by atoms with Crippen molar-refractivity contribution in [1.29, 1.82) is 0 Å². The van der Waals surface area contributed by atoms with Crippen molar-refractivity contribution in [1.82, 2.24) is 9.97 Å². The quantitative estimate of drug-likeness (QED) is 0.224. The first kappa shape index (κ1) is 22.0. The van der Waals surface area contributed by atoms with Crippen LogP contribution in [0, 0.1) is 0 Å². The molecule has 0 bridgehead atoms. The van der Waals surface area contributed by atoms with Gasteiger partial charge in [0.15, 0.2) is 0 Å². The predicted octanol–water partition coefficient (Wildman–Crippen LogP) is 7.15. The first-order valence-corrected chi connectivity index (χ1v) is 11.5. The first-order valence-electron chi connectivity index (χ1n) is 10.4. The Labute approximate surface area is 187 Å². The van der Waals surface area contributed by atoms with E-state index >= 15 is 0 Å². The molecule has 0 aliphatic heterocycles. The summed E-state index contributed by atoms with van der Waals surface area (Å²) in [6.45, 7) is 0.635. The zero-order valence-electron chi connectivity index (χ0n) is 17.1. The Balaban J connectivity index is 1.73. The lowest BCUT2D eigenvalue weighted by atomic mass is 10.2. The third-order valence-electron chi connectivity index (χ3n) is 4.50. The van der Waals surface area contributed by atoms with Crippen LogP contribution in [0.5, 0.6) is 6.01 Å². The number of alkyl halides is 1. The fraction of sp³-hybridized carbons (Fsp3) is 0.231. The van der Waals surface area contributed by atoms with E-state index in [1.165, 1.54) is 12.8 Å². The molecular weight excluding hydrogens is 436 g/mol. The number of hydrogen-bond donors (Lipinski definition) is 0. The third kappa shape index (κ3) is 7.96. The molecule has 0 aliphatic carbocycles. The topological polar surface area (TPSA) is 35.0 Å². The number of aromatic nitrogens is 2. The number of nitrogens with zero attached hydrogens (tertiary/aromatic N) is 2. The second kappa shape index (κ2) is 12.8. The van der Waals surface area contributed by atoms with Crippen molar-refractivity contribution in [3.05, 3.63) is 89.2 Å². The van der Waals surface area contributed by atoms with Crippen LogP contribution in [-0.4, -0.2) is 21.9 Å². The summed E-state index contributed by atoms with van der Waals surface area (Å²) in [6, 6.07) is 22.8. The van der Waals surface area contributed by atoms with Gasteiger partial charge in [-0.3, -0.25) is 0 Å². The van der Waals surface area contributed by atoms with Crippen LogP contribution in [0.25, 0.3) is 24.3 Å². The Hall–Kier alpha value is -2.72. The van der Waals surface area contributed by atoms with Crippen LogP contribution in [0.4, 0.5) is 0 Å². The minimum Gasteiger partial charge on any atom is -0.463 e. The minimum atomic E-state index is 0.429. The van der Waals surface area contributed by atoms with Crippen molar-refractivity contribution in [2.75, 3.05) is 11.9 Å². The number of unbranched alkanes of at least 4 members (excludes halogenated alkanes) is 3. The molecule has 154 valence electrons. The van der Waals surface area contributed by atoms with E-state index in [1.807, 2.05) is 54.6 Å². The maximum Gasteiger partial charge on any atom is 0.317 e. The van der Waals surface area contributed by atoms with Gasteiger partial charge in [-0.1, -0.05) is 102 Å². The van der Waals surface area contributed by atoms with Crippen molar-refractivity contribution in [3.63, 3.8) is 0 Å². The highest BCUT2D eigenvalue weighted by Crippen LogP contribution is 2.15.